The van der Waals surface area contributed by atoms with E-state index in [1.54, 1.807) is 0 Å². The van der Waals surface area contributed by atoms with E-state index < -0.39 is 91.4 Å². The molecule has 9 N–H and O–H groups in total. The predicted molar refractivity (Wildman–Crippen MR) is 232 cm³/mol. The summed E-state index contributed by atoms with van der Waals surface area (Å²) in [6, 6.07) is -4.49. The van der Waals surface area contributed by atoms with E-state index in [4.69, 9.17) is 23.7 Å². The third kappa shape index (κ3) is 27.4. The number of carboxylic acid groups (broad SMARTS) is 1. The van der Waals surface area contributed by atoms with Crippen LogP contribution in [0, 0.1) is 5.92 Å². The third-order valence-electron chi connectivity index (χ3n) is 9.35. The molecule has 0 aromatic heterocycles. The zero-order valence-electron chi connectivity index (χ0n) is 38.7. The second-order valence-corrected chi connectivity index (χ2v) is 15.7. The Morgan fingerprint density at radius 1 is 0.662 bits per heavy atom. The lowest BCUT2D eigenvalue weighted by molar-refractivity contribution is -0.142. The number of carbonyl (C=O) groups excluding carboxylic acids is 7. The van der Waals surface area contributed by atoms with Gasteiger partial charge in [0.2, 0.25) is 35.4 Å². The fourth-order valence-electron chi connectivity index (χ4n) is 6.20. The van der Waals surface area contributed by atoms with Crippen LogP contribution < -0.4 is 37.2 Å². The van der Waals surface area contributed by atoms with Gasteiger partial charge in [-0.1, -0.05) is 27.7 Å². The summed E-state index contributed by atoms with van der Waals surface area (Å²) in [5.74, 6) is -5.15. The quantitative estimate of drug-likeness (QED) is 0.0291. The van der Waals surface area contributed by atoms with E-state index in [1.165, 1.54) is 18.9 Å². The average molecular weight is 935 g/mol. The molecule has 7 amide bonds. The highest BCUT2D eigenvalue weighted by Gasteiger charge is 2.39. The molecule has 1 saturated heterocycles. The van der Waals surface area contributed by atoms with Crippen LogP contribution >= 0.6 is 0 Å². The van der Waals surface area contributed by atoms with Crippen molar-refractivity contribution in [3.8, 4) is 0 Å². The molecule has 24 nitrogen and oxygen atoms in total. The average Bonchev–Trinajstić information content (AvgIpc) is 3.75. The summed E-state index contributed by atoms with van der Waals surface area (Å²) in [6.45, 7) is 12.1. The molecule has 0 aliphatic carbocycles. The molecule has 0 aromatic carbocycles. The Morgan fingerprint density at radius 3 is 1.69 bits per heavy atom. The molecule has 1 heterocycles. The molecule has 0 aromatic rings. The van der Waals surface area contributed by atoms with Crippen molar-refractivity contribution in [1.82, 2.24) is 42.1 Å². The van der Waals surface area contributed by atoms with Gasteiger partial charge < -0.3 is 80.8 Å². The maximum Gasteiger partial charge on any atom is 0.406 e. The van der Waals surface area contributed by atoms with Crippen LogP contribution in [0.5, 0.6) is 0 Å². The number of alkyl carbamates (subject to hydrolysis) is 1. The van der Waals surface area contributed by atoms with Crippen molar-refractivity contribution in [3.05, 3.63) is 0 Å². The van der Waals surface area contributed by atoms with Crippen LogP contribution in [0.3, 0.4) is 0 Å². The van der Waals surface area contributed by atoms with Crippen LogP contribution in [0.2, 0.25) is 0 Å². The molecule has 65 heavy (non-hydrogen) atoms. The Morgan fingerprint density at radius 2 is 1.18 bits per heavy atom. The minimum atomic E-state index is -1.61. The molecular formula is C41H74N8O16. The molecule has 0 spiro atoms. The standard InChI is InChI=1S/C41H74N8O16/c1-27(2)24-31(46-28(3)4)40(58)49-13-7-8-32(49)38(56)47-30(9-10-35(53)54)37(55)48-36(29(5)50)39(57)45-26-34(52)44-25-33(51)42-11-14-61-16-18-63-20-22-65-23-21-64-19-17-62-15-12-43-41(59)60-6/h27-32,36,46,50H,7-26H2,1-6H3,(H,42,51)(H,43,59)(H,44,52)(H,45,57)(H,47,56)(H,48,55)(H,53,54)/t29-,30+,31+,32+,36+/m1/s1. The van der Waals surface area contributed by atoms with Gasteiger partial charge in [-0.2, -0.15) is 0 Å². The van der Waals surface area contributed by atoms with Gasteiger partial charge in [0.15, 0.2) is 0 Å². The number of likely N-dealkylation sites (tertiary alicyclic amines) is 1. The summed E-state index contributed by atoms with van der Waals surface area (Å²) in [6.07, 6.45) is -1.46. The monoisotopic (exact) mass is 935 g/mol. The van der Waals surface area contributed by atoms with E-state index in [2.05, 4.69) is 42.0 Å². The first-order chi connectivity index (χ1) is 31.0. The molecular weight excluding hydrogens is 860 g/mol. The Hall–Kier alpha value is -4.72. The highest BCUT2D eigenvalue weighted by atomic mass is 16.6. The molecule has 0 radical (unpaired) electrons. The van der Waals surface area contributed by atoms with Crippen molar-refractivity contribution in [2.75, 3.05) is 106 Å². The van der Waals surface area contributed by atoms with Crippen LogP contribution in [0.4, 0.5) is 4.79 Å². The second kappa shape index (κ2) is 34.6. The Labute approximate surface area is 381 Å². The molecule has 0 unspecified atom stereocenters. The molecule has 0 bridgehead atoms. The minimum Gasteiger partial charge on any atom is -0.481 e. The van der Waals surface area contributed by atoms with Crippen molar-refractivity contribution in [2.24, 2.45) is 5.92 Å². The van der Waals surface area contributed by atoms with Gasteiger partial charge in [-0.25, -0.2) is 4.79 Å². The molecule has 1 aliphatic rings. The van der Waals surface area contributed by atoms with E-state index in [9.17, 15) is 48.6 Å². The zero-order valence-corrected chi connectivity index (χ0v) is 38.7. The smallest absolute Gasteiger partial charge is 0.406 e. The normalized spacial score (nSPS) is 15.4. The number of nitrogens with one attached hydrogen (secondary N) is 7. The summed E-state index contributed by atoms with van der Waals surface area (Å²) in [4.78, 5) is 102. The van der Waals surface area contributed by atoms with Crippen LogP contribution in [0.15, 0.2) is 0 Å². The molecule has 24 heteroatoms. The van der Waals surface area contributed by atoms with E-state index in [1.807, 2.05) is 27.7 Å². The van der Waals surface area contributed by atoms with E-state index >= 15 is 0 Å². The number of hydrogen-bond acceptors (Lipinski definition) is 16. The minimum absolute atomic E-state index is 0.00443. The molecule has 5 atom stereocenters. The van der Waals surface area contributed by atoms with Gasteiger partial charge in [0.05, 0.1) is 98.4 Å². The van der Waals surface area contributed by atoms with Crippen molar-refractivity contribution >= 4 is 47.5 Å². The van der Waals surface area contributed by atoms with E-state index in [0.717, 1.165) is 0 Å². The summed E-state index contributed by atoms with van der Waals surface area (Å²) in [5, 5.41) is 37.5. The lowest BCUT2D eigenvalue weighted by Crippen LogP contribution is -2.60. The fourth-order valence-corrected chi connectivity index (χ4v) is 6.20. The largest absolute Gasteiger partial charge is 0.481 e. The van der Waals surface area contributed by atoms with Gasteiger partial charge in [0.25, 0.3) is 0 Å². The van der Waals surface area contributed by atoms with Crippen LogP contribution in [-0.4, -0.2) is 205 Å². The zero-order chi connectivity index (χ0) is 48.6. The number of hydrogen-bond donors (Lipinski definition) is 9. The van der Waals surface area contributed by atoms with Crippen molar-refractivity contribution in [1.29, 1.82) is 0 Å². The molecule has 0 saturated carbocycles. The number of methoxy groups -OCH3 is 1. The first-order valence-corrected chi connectivity index (χ1v) is 22.0. The Kier molecular flexibility index (Phi) is 31.0. The SMILES string of the molecule is COC(=O)NCCOCCOCCOCCOCCOCCNC(=O)CNC(=O)CNC(=O)[C@@H](NC(=O)[C@H](CCC(=O)O)NC(=O)[C@@H]1CCCN1C(=O)[C@H](CC(C)C)NC(C)C)[C@@H](C)O. The summed E-state index contributed by atoms with van der Waals surface area (Å²) < 4.78 is 31.3. The molecule has 1 aliphatic heterocycles. The van der Waals surface area contributed by atoms with Crippen LogP contribution in [0.25, 0.3) is 0 Å². The van der Waals surface area contributed by atoms with Crippen LogP contribution in [0.1, 0.15) is 66.7 Å². The summed E-state index contributed by atoms with van der Waals surface area (Å²) >= 11 is 0. The van der Waals surface area contributed by atoms with Gasteiger partial charge in [-0.3, -0.25) is 33.6 Å². The highest BCUT2D eigenvalue weighted by molar-refractivity contribution is 5.96. The number of carboxylic acids is 1. The number of carbonyl (C=O) groups is 8. The summed E-state index contributed by atoms with van der Waals surface area (Å²) in [5.41, 5.74) is 0. The number of nitrogens with zero attached hydrogens (tertiary/aromatic N) is 1. The topological polar surface area (TPSA) is 320 Å². The number of rotatable bonds is 36. The Bertz CT molecular complexity index is 1450. The fraction of sp³-hybridized carbons (Fsp3) is 0.805. The predicted octanol–water partition coefficient (Wildman–Crippen LogP) is -2.61. The van der Waals surface area contributed by atoms with E-state index in [-0.39, 0.29) is 44.0 Å². The number of aliphatic carboxylic acids is 1. The van der Waals surface area contributed by atoms with Gasteiger partial charge in [-0.15, -0.1) is 0 Å². The van der Waals surface area contributed by atoms with Crippen molar-refractivity contribution in [2.45, 2.75) is 103 Å². The van der Waals surface area contributed by atoms with Gasteiger partial charge in [0, 0.05) is 32.1 Å². The first kappa shape index (κ1) is 58.3. The number of aliphatic hydroxyl groups is 1. The van der Waals surface area contributed by atoms with Gasteiger partial charge in [0.1, 0.15) is 18.1 Å². The number of amides is 7. The van der Waals surface area contributed by atoms with Gasteiger partial charge in [-0.05, 0) is 38.5 Å². The lowest BCUT2D eigenvalue weighted by Gasteiger charge is -2.31. The van der Waals surface area contributed by atoms with Gasteiger partial charge >= 0.3 is 12.1 Å². The molecule has 1 rings (SSSR count). The highest BCUT2D eigenvalue weighted by Crippen LogP contribution is 2.21. The maximum atomic E-state index is 13.6. The van der Waals surface area contributed by atoms with Crippen LogP contribution in [-0.2, 0) is 62.0 Å². The summed E-state index contributed by atoms with van der Waals surface area (Å²) in [7, 11) is 1.28. The number of aliphatic hydroxyl groups excluding tert-OH is 1. The second-order valence-electron chi connectivity index (χ2n) is 15.7. The van der Waals surface area contributed by atoms with E-state index in [0.29, 0.717) is 85.2 Å². The Balaban J connectivity index is 2.39. The van der Waals surface area contributed by atoms with Crippen molar-refractivity contribution < 1.29 is 77.0 Å². The first-order valence-electron chi connectivity index (χ1n) is 22.0. The maximum absolute atomic E-state index is 13.6. The third-order valence-corrected chi connectivity index (χ3v) is 9.35. The van der Waals surface area contributed by atoms with Crippen molar-refractivity contribution in [3.63, 3.8) is 0 Å². The number of ether oxygens (including phenoxy) is 6. The molecule has 1 fully saturated rings. The lowest BCUT2D eigenvalue weighted by atomic mass is 10.0. The molecule has 374 valence electrons.